The van der Waals surface area contributed by atoms with Crippen LogP contribution in [0.4, 0.5) is 4.39 Å². The van der Waals surface area contributed by atoms with E-state index in [0.717, 1.165) is 11.1 Å². The van der Waals surface area contributed by atoms with Crippen molar-refractivity contribution in [3.63, 3.8) is 0 Å². The predicted molar refractivity (Wildman–Crippen MR) is 82.8 cm³/mol. The van der Waals surface area contributed by atoms with Crippen LogP contribution in [-0.4, -0.2) is 16.7 Å². The Balaban J connectivity index is 1.55. The average molecular weight is 309 g/mol. The summed E-state index contributed by atoms with van der Waals surface area (Å²) in [6.45, 7) is 0.330. The minimum atomic E-state index is -0.594. The highest BCUT2D eigenvalue weighted by molar-refractivity contribution is 6.08. The van der Waals surface area contributed by atoms with Crippen LogP contribution in [-0.2, 0) is 16.1 Å². The van der Waals surface area contributed by atoms with E-state index in [0.29, 0.717) is 13.0 Å². The Morgan fingerprint density at radius 3 is 2.43 bits per heavy atom. The van der Waals surface area contributed by atoms with Crippen LogP contribution in [0.25, 0.3) is 0 Å². The summed E-state index contributed by atoms with van der Waals surface area (Å²) >= 11 is 0. The smallest absolute Gasteiger partial charge is 0.236 e. The molecule has 2 amide bonds. The molecule has 0 radical (unpaired) electrons. The zero-order chi connectivity index (χ0) is 16.0. The van der Waals surface area contributed by atoms with E-state index in [2.05, 4.69) is 0 Å². The molecule has 1 aliphatic heterocycles. The number of nitrogens with zero attached hydrogens (tertiary/aromatic N) is 1. The molecule has 23 heavy (non-hydrogen) atoms. The van der Waals surface area contributed by atoms with Gasteiger partial charge in [0.1, 0.15) is 5.82 Å². The highest BCUT2D eigenvalue weighted by atomic mass is 19.1. The van der Waals surface area contributed by atoms with Crippen molar-refractivity contribution in [1.82, 2.24) is 4.90 Å². The number of halogens is 1. The molecule has 2 aromatic carbocycles. The van der Waals surface area contributed by atoms with E-state index in [1.54, 1.807) is 12.1 Å². The standard InChI is InChI=1S/C19H16FNO2/c20-15-8-6-14(7-9-15)16-10-19(16)11-17(22)21(18(19)23)12-13-4-2-1-3-5-13/h1-9,16H,10-12H2/t16-,19+/m1/s1. The Hall–Kier alpha value is -2.49. The lowest BCUT2D eigenvalue weighted by Gasteiger charge is -2.15. The summed E-state index contributed by atoms with van der Waals surface area (Å²) < 4.78 is 13.1. The van der Waals surface area contributed by atoms with Crippen LogP contribution in [0.3, 0.4) is 0 Å². The summed E-state index contributed by atoms with van der Waals surface area (Å²) in [6.07, 6.45) is 0.940. The van der Waals surface area contributed by atoms with Gasteiger partial charge >= 0.3 is 0 Å². The Morgan fingerprint density at radius 2 is 1.74 bits per heavy atom. The van der Waals surface area contributed by atoms with Crippen LogP contribution < -0.4 is 0 Å². The first-order valence-corrected chi connectivity index (χ1v) is 7.74. The number of hydrogen-bond donors (Lipinski definition) is 0. The third-order valence-corrected chi connectivity index (χ3v) is 4.97. The molecule has 2 atom stereocenters. The van der Waals surface area contributed by atoms with Crippen molar-refractivity contribution in [2.75, 3.05) is 0 Å². The topological polar surface area (TPSA) is 37.4 Å². The number of benzene rings is 2. The molecule has 2 fully saturated rings. The maximum Gasteiger partial charge on any atom is 0.236 e. The molecule has 1 aliphatic carbocycles. The lowest BCUT2D eigenvalue weighted by Crippen LogP contribution is -2.30. The average Bonchev–Trinajstić information content (AvgIpc) is 3.23. The molecule has 2 aromatic rings. The van der Waals surface area contributed by atoms with Crippen molar-refractivity contribution in [3.8, 4) is 0 Å². The maximum absolute atomic E-state index is 13.1. The summed E-state index contributed by atoms with van der Waals surface area (Å²) in [6, 6.07) is 15.8. The lowest BCUT2D eigenvalue weighted by molar-refractivity contribution is -0.140. The Kier molecular flexibility index (Phi) is 3.08. The molecule has 0 bridgehead atoms. The molecule has 4 heteroatoms. The number of carbonyl (C=O) groups excluding carboxylic acids is 2. The number of carbonyl (C=O) groups is 2. The highest BCUT2D eigenvalue weighted by Crippen LogP contribution is 2.65. The number of amides is 2. The largest absolute Gasteiger partial charge is 0.278 e. The van der Waals surface area contributed by atoms with Crippen molar-refractivity contribution in [2.45, 2.75) is 25.3 Å². The van der Waals surface area contributed by atoms with Crippen molar-refractivity contribution in [1.29, 1.82) is 0 Å². The first-order chi connectivity index (χ1) is 11.1. The van der Waals surface area contributed by atoms with Gasteiger partial charge in [-0.1, -0.05) is 42.5 Å². The normalized spacial score (nSPS) is 26.1. The van der Waals surface area contributed by atoms with Crippen LogP contribution in [0.15, 0.2) is 54.6 Å². The van der Waals surface area contributed by atoms with Gasteiger partial charge in [-0.3, -0.25) is 14.5 Å². The molecule has 1 saturated carbocycles. The van der Waals surface area contributed by atoms with Gasteiger partial charge in [-0.2, -0.15) is 0 Å². The fourth-order valence-corrected chi connectivity index (χ4v) is 3.62. The van der Waals surface area contributed by atoms with E-state index in [1.165, 1.54) is 17.0 Å². The second-order valence-electron chi connectivity index (χ2n) is 6.41. The van der Waals surface area contributed by atoms with E-state index in [9.17, 15) is 14.0 Å². The van der Waals surface area contributed by atoms with E-state index in [-0.39, 0.29) is 30.0 Å². The molecule has 2 aliphatic rings. The molecular weight excluding hydrogens is 293 g/mol. The molecule has 0 aromatic heterocycles. The third-order valence-electron chi connectivity index (χ3n) is 4.97. The lowest BCUT2D eigenvalue weighted by atomic mass is 9.97. The van der Waals surface area contributed by atoms with Crippen molar-refractivity contribution < 1.29 is 14.0 Å². The van der Waals surface area contributed by atoms with Gasteiger partial charge in [-0.05, 0) is 35.6 Å². The van der Waals surface area contributed by atoms with Gasteiger partial charge in [-0.25, -0.2) is 4.39 Å². The van der Waals surface area contributed by atoms with Crippen molar-refractivity contribution in [2.24, 2.45) is 5.41 Å². The second-order valence-corrected chi connectivity index (χ2v) is 6.41. The maximum atomic E-state index is 13.1. The van der Waals surface area contributed by atoms with Crippen molar-refractivity contribution >= 4 is 11.8 Å². The molecule has 1 spiro atoms. The van der Waals surface area contributed by atoms with Crippen LogP contribution >= 0.6 is 0 Å². The molecule has 1 heterocycles. The first-order valence-electron chi connectivity index (χ1n) is 7.74. The monoisotopic (exact) mass is 309 g/mol. The summed E-state index contributed by atoms with van der Waals surface area (Å²) in [4.78, 5) is 26.5. The minimum Gasteiger partial charge on any atom is -0.278 e. The first kappa shape index (κ1) is 14.1. The van der Waals surface area contributed by atoms with Gasteiger partial charge < -0.3 is 0 Å². The van der Waals surface area contributed by atoms with E-state index in [4.69, 9.17) is 0 Å². The van der Waals surface area contributed by atoms with Gasteiger partial charge in [0.05, 0.1) is 12.0 Å². The molecular formula is C19H16FNO2. The minimum absolute atomic E-state index is 0.0281. The molecule has 4 rings (SSSR count). The summed E-state index contributed by atoms with van der Waals surface area (Å²) in [5.41, 5.74) is 1.29. The van der Waals surface area contributed by atoms with Gasteiger partial charge in [0, 0.05) is 6.42 Å². The van der Waals surface area contributed by atoms with E-state index < -0.39 is 5.41 Å². The number of rotatable bonds is 3. The van der Waals surface area contributed by atoms with Gasteiger partial charge in [0.2, 0.25) is 11.8 Å². The fourth-order valence-electron chi connectivity index (χ4n) is 3.62. The molecule has 0 N–H and O–H groups in total. The highest BCUT2D eigenvalue weighted by Gasteiger charge is 2.67. The zero-order valence-electron chi connectivity index (χ0n) is 12.5. The Bertz CT molecular complexity index is 772. The van der Waals surface area contributed by atoms with Crippen LogP contribution in [0.5, 0.6) is 0 Å². The Morgan fingerprint density at radius 1 is 1.04 bits per heavy atom. The number of imide groups is 1. The number of hydrogen-bond acceptors (Lipinski definition) is 2. The molecule has 1 saturated heterocycles. The molecule has 3 nitrogen and oxygen atoms in total. The fraction of sp³-hybridized carbons (Fsp3) is 0.263. The van der Waals surface area contributed by atoms with Gasteiger partial charge in [0.25, 0.3) is 0 Å². The van der Waals surface area contributed by atoms with Gasteiger partial charge in [0.15, 0.2) is 0 Å². The molecule has 116 valence electrons. The second kappa shape index (κ2) is 5.01. The SMILES string of the molecule is O=C1C[C@]2(C[C@@H]2c2ccc(F)cc2)C(=O)N1Cc1ccccc1. The predicted octanol–water partition coefficient (Wildman–Crippen LogP) is 3.26. The van der Waals surface area contributed by atoms with E-state index >= 15 is 0 Å². The Labute approximate surface area is 133 Å². The van der Waals surface area contributed by atoms with Crippen molar-refractivity contribution in [3.05, 3.63) is 71.5 Å². The molecule has 0 unspecified atom stereocenters. The van der Waals surface area contributed by atoms with Crippen LogP contribution in [0, 0.1) is 11.2 Å². The summed E-state index contributed by atoms with van der Waals surface area (Å²) in [5, 5.41) is 0. The zero-order valence-corrected chi connectivity index (χ0v) is 12.5. The third kappa shape index (κ3) is 2.25. The van der Waals surface area contributed by atoms with Crippen LogP contribution in [0.1, 0.15) is 29.9 Å². The van der Waals surface area contributed by atoms with E-state index in [1.807, 2.05) is 30.3 Å². The quantitative estimate of drug-likeness (QED) is 0.816. The van der Waals surface area contributed by atoms with Gasteiger partial charge in [-0.15, -0.1) is 0 Å². The number of likely N-dealkylation sites (tertiary alicyclic amines) is 1. The van der Waals surface area contributed by atoms with Crippen LogP contribution in [0.2, 0.25) is 0 Å². The summed E-state index contributed by atoms with van der Waals surface area (Å²) in [7, 11) is 0. The summed E-state index contributed by atoms with van der Waals surface area (Å²) in [5.74, 6) is -0.451.